The molecule has 1 saturated heterocycles. The molecule has 1 aromatic rings. The Balaban J connectivity index is 2.16. The number of halogens is 1. The number of aromatic nitrogens is 2. The van der Waals surface area contributed by atoms with Gasteiger partial charge < -0.3 is 10.1 Å². The molecule has 106 valence electrons. The Bertz CT molecular complexity index is 513. The minimum Gasteiger partial charge on any atom is -0.380 e. The van der Waals surface area contributed by atoms with Crippen molar-refractivity contribution in [2.45, 2.75) is 51.8 Å². The van der Waals surface area contributed by atoms with Gasteiger partial charge in [-0.2, -0.15) is 5.10 Å². The Morgan fingerprint density at radius 2 is 2.37 bits per heavy atom. The van der Waals surface area contributed by atoms with Crippen LogP contribution in [0, 0.1) is 0 Å². The first-order chi connectivity index (χ1) is 8.93. The molecule has 0 saturated carbocycles. The molecule has 0 aliphatic carbocycles. The van der Waals surface area contributed by atoms with Gasteiger partial charge in [0.25, 0.3) is 5.56 Å². The van der Waals surface area contributed by atoms with Gasteiger partial charge in [0, 0.05) is 19.2 Å². The van der Waals surface area contributed by atoms with Crippen LogP contribution < -0.4 is 10.9 Å². The summed E-state index contributed by atoms with van der Waals surface area (Å²) >= 11 is 3.36. The Morgan fingerprint density at radius 1 is 1.63 bits per heavy atom. The summed E-state index contributed by atoms with van der Waals surface area (Å²) in [6.07, 6.45) is 3.56. The van der Waals surface area contributed by atoms with Crippen molar-refractivity contribution in [3.05, 3.63) is 21.0 Å². The maximum absolute atomic E-state index is 12.0. The maximum atomic E-state index is 12.0. The third-order valence-electron chi connectivity index (χ3n) is 3.34. The van der Waals surface area contributed by atoms with Crippen LogP contribution in [0.3, 0.4) is 0 Å². The summed E-state index contributed by atoms with van der Waals surface area (Å²) in [6, 6.07) is 0.304. The minimum atomic E-state index is -0.117. The van der Waals surface area contributed by atoms with E-state index in [-0.39, 0.29) is 11.2 Å². The summed E-state index contributed by atoms with van der Waals surface area (Å²) in [4.78, 5) is 12.0. The molecule has 2 rings (SSSR count). The fraction of sp³-hybridized carbons (Fsp3) is 0.692. The average Bonchev–Trinajstić information content (AvgIpc) is 2.34. The second-order valence-corrected chi connectivity index (χ2v) is 6.23. The molecule has 2 heterocycles. The lowest BCUT2D eigenvalue weighted by Crippen LogP contribution is -2.40. The van der Waals surface area contributed by atoms with E-state index in [2.05, 4.69) is 40.2 Å². The quantitative estimate of drug-likeness (QED) is 0.925. The second-order valence-electron chi connectivity index (χ2n) is 5.44. The Morgan fingerprint density at radius 3 is 3.00 bits per heavy atom. The summed E-state index contributed by atoms with van der Waals surface area (Å²) in [5, 5.41) is 7.53. The summed E-state index contributed by atoms with van der Waals surface area (Å²) in [7, 11) is 0. The van der Waals surface area contributed by atoms with Gasteiger partial charge in [-0.05, 0) is 49.5 Å². The normalized spacial score (nSPS) is 22.2. The van der Waals surface area contributed by atoms with Gasteiger partial charge in [0.05, 0.1) is 17.5 Å². The van der Waals surface area contributed by atoms with Crippen molar-refractivity contribution in [1.82, 2.24) is 9.78 Å². The van der Waals surface area contributed by atoms with Crippen LogP contribution in [0.1, 0.15) is 33.6 Å². The van der Waals surface area contributed by atoms with Crippen molar-refractivity contribution < 1.29 is 4.74 Å². The number of hydrogen-bond donors (Lipinski definition) is 1. The van der Waals surface area contributed by atoms with E-state index in [0.717, 1.165) is 25.1 Å². The lowest BCUT2D eigenvalue weighted by atomic mass is 9.94. The molecule has 1 aromatic heterocycles. The number of hydrogen-bond acceptors (Lipinski definition) is 4. The zero-order chi connectivity index (χ0) is 14.0. The standard InChI is InChI=1S/C13H20BrN3O2/c1-4-17-12(18)11(14)10(8-15-17)16-9-5-6-19-13(2,3)7-9/h8-9,16H,4-7H2,1-3H3. The summed E-state index contributed by atoms with van der Waals surface area (Å²) in [5.41, 5.74) is 0.546. The van der Waals surface area contributed by atoms with E-state index >= 15 is 0 Å². The number of rotatable bonds is 3. The van der Waals surface area contributed by atoms with Crippen LogP contribution in [0.2, 0.25) is 0 Å². The number of ether oxygens (including phenoxy) is 1. The van der Waals surface area contributed by atoms with Crippen LogP contribution in [0.25, 0.3) is 0 Å². The van der Waals surface area contributed by atoms with Gasteiger partial charge in [-0.1, -0.05) is 0 Å². The summed E-state index contributed by atoms with van der Waals surface area (Å²) in [6.45, 7) is 7.38. The van der Waals surface area contributed by atoms with Gasteiger partial charge in [-0.15, -0.1) is 0 Å². The molecular formula is C13H20BrN3O2. The molecular weight excluding hydrogens is 310 g/mol. The van der Waals surface area contributed by atoms with Crippen molar-refractivity contribution in [3.8, 4) is 0 Å². The van der Waals surface area contributed by atoms with Crippen LogP contribution in [-0.4, -0.2) is 28.0 Å². The highest BCUT2D eigenvalue weighted by Crippen LogP contribution is 2.27. The van der Waals surface area contributed by atoms with E-state index in [1.165, 1.54) is 4.68 Å². The highest BCUT2D eigenvalue weighted by molar-refractivity contribution is 9.10. The highest BCUT2D eigenvalue weighted by atomic mass is 79.9. The molecule has 0 spiro atoms. The van der Waals surface area contributed by atoms with Crippen LogP contribution in [0.4, 0.5) is 5.69 Å². The van der Waals surface area contributed by atoms with E-state index in [1.807, 2.05) is 6.92 Å². The zero-order valence-electron chi connectivity index (χ0n) is 11.6. The lowest BCUT2D eigenvalue weighted by molar-refractivity contribution is -0.0553. The topological polar surface area (TPSA) is 56.1 Å². The van der Waals surface area contributed by atoms with Crippen molar-refractivity contribution in [3.63, 3.8) is 0 Å². The highest BCUT2D eigenvalue weighted by Gasteiger charge is 2.29. The van der Waals surface area contributed by atoms with Gasteiger partial charge in [0.1, 0.15) is 4.47 Å². The molecule has 1 N–H and O–H groups in total. The monoisotopic (exact) mass is 329 g/mol. The Labute approximate surface area is 121 Å². The number of nitrogens with zero attached hydrogens (tertiary/aromatic N) is 2. The molecule has 1 atom stereocenters. The van der Waals surface area contributed by atoms with Crippen molar-refractivity contribution in [1.29, 1.82) is 0 Å². The molecule has 1 aliphatic heterocycles. The van der Waals surface area contributed by atoms with E-state index in [9.17, 15) is 4.79 Å². The van der Waals surface area contributed by atoms with Gasteiger partial charge in [0.15, 0.2) is 0 Å². The molecule has 0 radical (unpaired) electrons. The smallest absolute Gasteiger partial charge is 0.283 e. The van der Waals surface area contributed by atoms with Crippen molar-refractivity contribution in [2.75, 3.05) is 11.9 Å². The first kappa shape index (κ1) is 14.5. The SMILES string of the molecule is CCn1ncc(NC2CCOC(C)(C)C2)c(Br)c1=O. The Kier molecular flexibility index (Phi) is 4.30. The molecule has 1 unspecified atom stereocenters. The van der Waals surface area contributed by atoms with Crippen molar-refractivity contribution in [2.24, 2.45) is 0 Å². The fourth-order valence-corrected chi connectivity index (χ4v) is 2.79. The van der Waals surface area contributed by atoms with Crippen LogP contribution in [0.5, 0.6) is 0 Å². The Hall–Kier alpha value is -0.880. The molecule has 5 nitrogen and oxygen atoms in total. The second kappa shape index (κ2) is 5.63. The number of anilines is 1. The van der Waals surface area contributed by atoms with Crippen LogP contribution in [-0.2, 0) is 11.3 Å². The maximum Gasteiger partial charge on any atom is 0.283 e. The van der Waals surface area contributed by atoms with E-state index in [4.69, 9.17) is 4.74 Å². The average molecular weight is 330 g/mol. The van der Waals surface area contributed by atoms with Gasteiger partial charge in [-0.25, -0.2) is 4.68 Å². The van der Waals surface area contributed by atoms with Gasteiger partial charge >= 0.3 is 0 Å². The zero-order valence-corrected chi connectivity index (χ0v) is 13.2. The lowest BCUT2D eigenvalue weighted by Gasteiger charge is -2.36. The van der Waals surface area contributed by atoms with Crippen LogP contribution in [0.15, 0.2) is 15.5 Å². The number of nitrogens with one attached hydrogen (secondary N) is 1. The van der Waals surface area contributed by atoms with E-state index in [0.29, 0.717) is 17.1 Å². The van der Waals surface area contributed by atoms with E-state index in [1.54, 1.807) is 6.20 Å². The third kappa shape index (κ3) is 3.36. The van der Waals surface area contributed by atoms with Gasteiger partial charge in [0.2, 0.25) is 0 Å². The molecule has 0 amide bonds. The first-order valence-corrected chi connectivity index (χ1v) is 7.38. The molecule has 19 heavy (non-hydrogen) atoms. The third-order valence-corrected chi connectivity index (χ3v) is 4.11. The minimum absolute atomic E-state index is 0.0983. The molecule has 1 fully saturated rings. The first-order valence-electron chi connectivity index (χ1n) is 6.59. The largest absolute Gasteiger partial charge is 0.380 e. The van der Waals surface area contributed by atoms with Crippen molar-refractivity contribution >= 4 is 21.6 Å². The molecule has 6 heteroatoms. The predicted molar refractivity (Wildman–Crippen MR) is 78.5 cm³/mol. The van der Waals surface area contributed by atoms with E-state index < -0.39 is 0 Å². The predicted octanol–water partition coefficient (Wildman–Crippen LogP) is 2.40. The summed E-state index contributed by atoms with van der Waals surface area (Å²) < 4.78 is 7.67. The number of aryl methyl sites for hydroxylation is 1. The fourth-order valence-electron chi connectivity index (χ4n) is 2.37. The van der Waals surface area contributed by atoms with Gasteiger partial charge in [-0.3, -0.25) is 4.79 Å². The van der Waals surface area contributed by atoms with Crippen LogP contribution >= 0.6 is 15.9 Å². The summed E-state index contributed by atoms with van der Waals surface area (Å²) in [5.74, 6) is 0. The molecule has 1 aliphatic rings. The molecule has 0 aromatic carbocycles. The molecule has 0 bridgehead atoms.